The second-order valence-electron chi connectivity index (χ2n) is 3.79. The lowest BCUT2D eigenvalue weighted by Gasteiger charge is -2.07. The van der Waals surface area contributed by atoms with Crippen molar-refractivity contribution in [2.45, 2.75) is 33.2 Å². The molecule has 2 aromatic heterocycles. The first-order chi connectivity index (χ1) is 8.24. The van der Waals surface area contributed by atoms with E-state index in [0.717, 1.165) is 41.2 Å². The third kappa shape index (κ3) is 2.72. The fraction of sp³-hybridized carbons (Fsp3) is 0.417. The van der Waals surface area contributed by atoms with Crippen molar-refractivity contribution in [2.24, 2.45) is 0 Å². The van der Waals surface area contributed by atoms with Gasteiger partial charge in [-0.1, -0.05) is 13.8 Å². The zero-order valence-corrected chi connectivity index (χ0v) is 11.6. The van der Waals surface area contributed by atoms with Crippen molar-refractivity contribution >= 4 is 15.9 Å². The maximum Gasteiger partial charge on any atom is 0.130 e. The van der Waals surface area contributed by atoms with Crippen molar-refractivity contribution < 1.29 is 0 Å². The van der Waals surface area contributed by atoms with Crippen LogP contribution in [0.5, 0.6) is 0 Å². The molecule has 0 spiro atoms. The first-order valence-corrected chi connectivity index (χ1v) is 6.59. The van der Waals surface area contributed by atoms with Crippen molar-refractivity contribution in [3.8, 4) is 11.4 Å². The number of aryl methyl sites for hydroxylation is 2. The molecule has 0 fully saturated rings. The summed E-state index contributed by atoms with van der Waals surface area (Å²) in [5, 5.41) is 4.31. The number of nitrogens with zero attached hydrogens (tertiary/aromatic N) is 4. The van der Waals surface area contributed by atoms with Crippen molar-refractivity contribution in [3.63, 3.8) is 0 Å². The van der Waals surface area contributed by atoms with Gasteiger partial charge in [0, 0.05) is 19.2 Å². The maximum absolute atomic E-state index is 4.54. The van der Waals surface area contributed by atoms with Crippen LogP contribution in [-0.2, 0) is 13.0 Å². The van der Waals surface area contributed by atoms with Gasteiger partial charge >= 0.3 is 0 Å². The molecule has 2 heterocycles. The molecule has 0 atom stereocenters. The Bertz CT molecular complexity index is 507. The largest absolute Gasteiger partial charge is 0.263 e. The highest BCUT2D eigenvalue weighted by molar-refractivity contribution is 9.10. The summed E-state index contributed by atoms with van der Waals surface area (Å²) in [4.78, 5) is 8.85. The third-order valence-corrected chi connectivity index (χ3v) is 2.88. The summed E-state index contributed by atoms with van der Waals surface area (Å²) in [6, 6.07) is 3.92. The average Bonchev–Trinajstić information content (AvgIpc) is 2.77. The molecule has 0 amide bonds. The Balaban J connectivity index is 2.44. The molecular weight excluding hydrogens is 280 g/mol. The van der Waals surface area contributed by atoms with E-state index < -0.39 is 0 Å². The Morgan fingerprint density at radius 2 is 2.12 bits per heavy atom. The van der Waals surface area contributed by atoms with Gasteiger partial charge in [-0.3, -0.25) is 4.68 Å². The second-order valence-corrected chi connectivity index (χ2v) is 4.60. The lowest BCUT2D eigenvalue weighted by molar-refractivity contribution is 0.607. The van der Waals surface area contributed by atoms with Crippen LogP contribution in [0.25, 0.3) is 11.4 Å². The Morgan fingerprint density at radius 3 is 2.82 bits per heavy atom. The van der Waals surface area contributed by atoms with Crippen molar-refractivity contribution in [1.82, 2.24) is 19.7 Å². The summed E-state index contributed by atoms with van der Waals surface area (Å²) in [6.07, 6.45) is 3.70. The molecule has 0 bridgehead atoms. The maximum atomic E-state index is 4.54. The van der Waals surface area contributed by atoms with Crippen LogP contribution in [0, 0.1) is 0 Å². The molecule has 0 aliphatic heterocycles. The van der Waals surface area contributed by atoms with E-state index in [1.165, 1.54) is 0 Å². The molecule has 0 aliphatic carbocycles. The SMILES string of the molecule is CCCn1nccc1-c1cc(Br)nc(CC)n1. The highest BCUT2D eigenvalue weighted by Crippen LogP contribution is 2.20. The van der Waals surface area contributed by atoms with Gasteiger partial charge in [0.25, 0.3) is 0 Å². The van der Waals surface area contributed by atoms with Crippen LogP contribution in [0.4, 0.5) is 0 Å². The van der Waals surface area contributed by atoms with Gasteiger partial charge in [-0.15, -0.1) is 0 Å². The Labute approximate surface area is 109 Å². The smallest absolute Gasteiger partial charge is 0.130 e. The Hall–Kier alpha value is -1.23. The van der Waals surface area contributed by atoms with Crippen LogP contribution in [0.15, 0.2) is 22.9 Å². The van der Waals surface area contributed by atoms with Gasteiger partial charge in [-0.05, 0) is 34.5 Å². The van der Waals surface area contributed by atoms with Gasteiger partial charge in [0.05, 0.1) is 11.4 Å². The summed E-state index contributed by atoms with van der Waals surface area (Å²) in [5.41, 5.74) is 1.97. The van der Waals surface area contributed by atoms with E-state index in [0.29, 0.717) is 0 Å². The molecule has 17 heavy (non-hydrogen) atoms. The quantitative estimate of drug-likeness (QED) is 0.814. The van der Waals surface area contributed by atoms with E-state index in [4.69, 9.17) is 0 Å². The summed E-state index contributed by atoms with van der Waals surface area (Å²) >= 11 is 3.42. The topological polar surface area (TPSA) is 43.6 Å². The molecule has 0 aromatic carbocycles. The predicted molar refractivity (Wildman–Crippen MR) is 70.6 cm³/mol. The molecule has 0 radical (unpaired) electrons. The monoisotopic (exact) mass is 294 g/mol. The van der Waals surface area contributed by atoms with Crippen LogP contribution in [0.1, 0.15) is 26.1 Å². The van der Waals surface area contributed by atoms with Crippen molar-refractivity contribution in [1.29, 1.82) is 0 Å². The lowest BCUT2D eigenvalue weighted by Crippen LogP contribution is -2.03. The fourth-order valence-electron chi connectivity index (χ4n) is 1.69. The molecule has 90 valence electrons. The zero-order chi connectivity index (χ0) is 12.3. The highest BCUT2D eigenvalue weighted by atomic mass is 79.9. The zero-order valence-electron chi connectivity index (χ0n) is 10.0. The van der Waals surface area contributed by atoms with Crippen LogP contribution >= 0.6 is 15.9 Å². The summed E-state index contributed by atoms with van der Waals surface area (Å²) in [5.74, 6) is 0.846. The Kier molecular flexibility index (Phi) is 3.89. The molecule has 0 N–H and O–H groups in total. The van der Waals surface area contributed by atoms with Gasteiger partial charge in [-0.2, -0.15) is 5.10 Å². The molecule has 2 rings (SSSR count). The van der Waals surface area contributed by atoms with Gasteiger partial charge in [0.15, 0.2) is 0 Å². The van der Waals surface area contributed by atoms with E-state index in [1.54, 1.807) is 0 Å². The summed E-state index contributed by atoms with van der Waals surface area (Å²) in [7, 11) is 0. The van der Waals surface area contributed by atoms with Crippen molar-refractivity contribution in [2.75, 3.05) is 0 Å². The van der Waals surface area contributed by atoms with Gasteiger partial charge in [0.2, 0.25) is 0 Å². The molecule has 0 unspecified atom stereocenters. The first-order valence-electron chi connectivity index (χ1n) is 5.80. The minimum Gasteiger partial charge on any atom is -0.263 e. The Morgan fingerprint density at radius 1 is 1.29 bits per heavy atom. The second kappa shape index (κ2) is 5.40. The molecule has 0 saturated heterocycles. The van der Waals surface area contributed by atoms with Gasteiger partial charge < -0.3 is 0 Å². The van der Waals surface area contributed by atoms with E-state index in [1.807, 2.05) is 23.0 Å². The number of aromatic nitrogens is 4. The summed E-state index contributed by atoms with van der Waals surface area (Å²) < 4.78 is 2.80. The van der Waals surface area contributed by atoms with Gasteiger partial charge in [-0.25, -0.2) is 9.97 Å². The third-order valence-electron chi connectivity index (χ3n) is 2.47. The molecule has 5 heteroatoms. The van der Waals surface area contributed by atoms with Crippen LogP contribution < -0.4 is 0 Å². The number of hydrogen-bond donors (Lipinski definition) is 0. The van der Waals surface area contributed by atoms with Gasteiger partial charge in [0.1, 0.15) is 10.4 Å². The normalized spacial score (nSPS) is 10.8. The fourth-order valence-corrected chi connectivity index (χ4v) is 2.12. The number of rotatable bonds is 4. The summed E-state index contributed by atoms with van der Waals surface area (Å²) in [6.45, 7) is 5.10. The van der Waals surface area contributed by atoms with E-state index in [9.17, 15) is 0 Å². The standard InChI is InChI=1S/C12H15BrN4/c1-3-7-17-10(5-6-14-17)9-8-11(13)16-12(4-2)15-9/h5-6,8H,3-4,7H2,1-2H3. The minimum absolute atomic E-state index is 0.823. The molecular formula is C12H15BrN4. The highest BCUT2D eigenvalue weighted by Gasteiger charge is 2.09. The van der Waals surface area contributed by atoms with Crippen molar-refractivity contribution in [3.05, 3.63) is 28.8 Å². The first kappa shape index (κ1) is 12.2. The molecule has 0 aliphatic rings. The molecule has 4 nitrogen and oxygen atoms in total. The predicted octanol–water partition coefficient (Wildman–Crippen LogP) is 3.08. The van der Waals surface area contributed by atoms with E-state index >= 15 is 0 Å². The minimum atomic E-state index is 0.823. The number of hydrogen-bond acceptors (Lipinski definition) is 3. The lowest BCUT2D eigenvalue weighted by atomic mass is 10.3. The van der Waals surface area contributed by atoms with E-state index in [2.05, 4.69) is 44.8 Å². The molecule has 0 saturated carbocycles. The van der Waals surface area contributed by atoms with Crippen LogP contribution in [0.3, 0.4) is 0 Å². The molecule has 2 aromatic rings. The van der Waals surface area contributed by atoms with E-state index in [-0.39, 0.29) is 0 Å². The van der Waals surface area contributed by atoms with Crippen LogP contribution in [0.2, 0.25) is 0 Å². The average molecular weight is 295 g/mol. The van der Waals surface area contributed by atoms with Crippen LogP contribution in [-0.4, -0.2) is 19.7 Å². The number of halogens is 1.